The van der Waals surface area contributed by atoms with Crippen molar-refractivity contribution in [1.29, 1.82) is 0 Å². The largest absolute Gasteiger partial charge is 0.315 e. The Balaban J connectivity index is 1.26. The zero-order valence-electron chi connectivity index (χ0n) is 22.1. The molecule has 38 heavy (non-hydrogen) atoms. The topological polar surface area (TPSA) is 6.48 Å². The van der Waals surface area contributed by atoms with Gasteiger partial charge in [0.25, 0.3) is 0 Å². The molecule has 0 atom stereocenters. The zero-order valence-corrected chi connectivity index (χ0v) is 22.1. The second kappa shape index (κ2) is 11.6. The molecule has 0 amide bonds. The molecule has 190 valence electrons. The average Bonchev–Trinajstić information content (AvgIpc) is 3.00. The highest BCUT2D eigenvalue weighted by Crippen LogP contribution is 2.38. The van der Waals surface area contributed by atoms with Gasteiger partial charge in [-0.3, -0.25) is 0 Å². The summed E-state index contributed by atoms with van der Waals surface area (Å²) in [5.74, 6) is 0. The molecular weight excluding hydrogens is 460 g/mol. The molecular formula is C36H36N2. The first kappa shape index (κ1) is 24.3. The van der Waals surface area contributed by atoms with Crippen LogP contribution in [0.4, 0.5) is 11.4 Å². The van der Waals surface area contributed by atoms with Gasteiger partial charge in [0.1, 0.15) is 0 Å². The maximum atomic E-state index is 2.49. The van der Waals surface area contributed by atoms with E-state index < -0.39 is 0 Å². The van der Waals surface area contributed by atoms with Gasteiger partial charge in [-0.2, -0.15) is 0 Å². The van der Waals surface area contributed by atoms with Crippen LogP contribution in [-0.2, 0) is 0 Å². The van der Waals surface area contributed by atoms with E-state index in [1.54, 1.807) is 0 Å². The summed E-state index contributed by atoms with van der Waals surface area (Å²) in [7, 11) is 0. The van der Waals surface area contributed by atoms with Crippen LogP contribution in [0.25, 0.3) is 0 Å². The highest BCUT2D eigenvalue weighted by Gasteiger charge is 2.22. The van der Waals surface area contributed by atoms with E-state index in [4.69, 9.17) is 0 Å². The number of anilines is 2. The monoisotopic (exact) mass is 496 g/mol. The summed E-state index contributed by atoms with van der Waals surface area (Å²) in [4.78, 5) is 4.89. The minimum absolute atomic E-state index is 1.03. The summed E-state index contributed by atoms with van der Waals surface area (Å²) in [5, 5.41) is 0. The van der Waals surface area contributed by atoms with Crippen molar-refractivity contribution in [2.45, 2.75) is 51.4 Å². The normalized spacial score (nSPS) is 18.9. The lowest BCUT2D eigenvalue weighted by molar-refractivity contribution is 0.515. The van der Waals surface area contributed by atoms with Crippen molar-refractivity contribution in [3.63, 3.8) is 0 Å². The van der Waals surface area contributed by atoms with E-state index in [0.717, 1.165) is 51.4 Å². The molecule has 0 saturated heterocycles. The molecule has 6 rings (SSSR count). The van der Waals surface area contributed by atoms with E-state index in [1.165, 1.54) is 45.3 Å². The van der Waals surface area contributed by atoms with Crippen molar-refractivity contribution in [3.8, 4) is 0 Å². The van der Waals surface area contributed by atoms with Gasteiger partial charge in [0.05, 0.1) is 0 Å². The van der Waals surface area contributed by atoms with Gasteiger partial charge in [0.15, 0.2) is 0 Å². The molecule has 0 bridgehead atoms. The first-order valence-electron chi connectivity index (χ1n) is 14.1. The minimum atomic E-state index is 1.03. The number of rotatable bonds is 7. The number of para-hydroxylation sites is 2. The fourth-order valence-corrected chi connectivity index (χ4v) is 5.81. The number of benzene rings is 2. The fourth-order valence-electron chi connectivity index (χ4n) is 5.81. The summed E-state index contributed by atoms with van der Waals surface area (Å²) in [6.07, 6.45) is 32.2. The number of hydrogen-bond donors (Lipinski definition) is 0. The van der Waals surface area contributed by atoms with Crippen LogP contribution >= 0.6 is 0 Å². The van der Waals surface area contributed by atoms with Gasteiger partial charge in [-0.05, 0) is 111 Å². The number of allylic oxidation sites excluding steroid dienone is 14. The van der Waals surface area contributed by atoms with Gasteiger partial charge in [0, 0.05) is 34.2 Å². The molecule has 4 aliphatic carbocycles. The molecule has 2 aromatic rings. The van der Waals surface area contributed by atoms with Crippen molar-refractivity contribution < 1.29 is 0 Å². The van der Waals surface area contributed by atoms with E-state index in [9.17, 15) is 0 Å². The Kier molecular flexibility index (Phi) is 7.40. The van der Waals surface area contributed by atoms with Gasteiger partial charge in [-0.25, -0.2) is 0 Å². The minimum Gasteiger partial charge on any atom is -0.315 e. The second-order valence-electron chi connectivity index (χ2n) is 10.3. The van der Waals surface area contributed by atoms with Gasteiger partial charge < -0.3 is 9.80 Å². The molecule has 2 nitrogen and oxygen atoms in total. The second-order valence-corrected chi connectivity index (χ2v) is 10.3. The summed E-state index contributed by atoms with van der Waals surface area (Å²) < 4.78 is 0. The molecule has 0 fully saturated rings. The molecule has 0 aliphatic heterocycles. The Morgan fingerprint density at radius 2 is 0.921 bits per heavy atom. The Morgan fingerprint density at radius 1 is 0.447 bits per heavy atom. The summed E-state index contributed by atoms with van der Waals surface area (Å²) in [5.41, 5.74) is 10.8. The fraction of sp³-hybridized carbons (Fsp3) is 0.222. The Hall–Kier alpha value is -4.04. The van der Waals surface area contributed by atoms with E-state index in [-0.39, 0.29) is 0 Å². The molecule has 2 aromatic carbocycles. The molecule has 0 heterocycles. The van der Waals surface area contributed by atoms with Gasteiger partial charge >= 0.3 is 0 Å². The van der Waals surface area contributed by atoms with Crippen LogP contribution in [-0.4, -0.2) is 4.90 Å². The van der Waals surface area contributed by atoms with Crippen molar-refractivity contribution in [2.75, 3.05) is 4.90 Å². The van der Waals surface area contributed by atoms with E-state index >= 15 is 0 Å². The molecule has 0 spiro atoms. The Bertz CT molecular complexity index is 1320. The van der Waals surface area contributed by atoms with Gasteiger partial charge in [-0.1, -0.05) is 72.9 Å². The third-order valence-electron chi connectivity index (χ3n) is 7.74. The van der Waals surface area contributed by atoms with Gasteiger partial charge in [0.2, 0.25) is 0 Å². The first-order chi connectivity index (χ1) is 18.9. The molecule has 0 N–H and O–H groups in total. The summed E-state index contributed by atoms with van der Waals surface area (Å²) in [6, 6.07) is 21.4. The Morgan fingerprint density at radius 3 is 1.32 bits per heavy atom. The van der Waals surface area contributed by atoms with Crippen LogP contribution in [0.15, 0.2) is 155 Å². The van der Waals surface area contributed by atoms with Crippen LogP contribution in [0.5, 0.6) is 0 Å². The molecule has 0 radical (unpaired) electrons. The quantitative estimate of drug-likeness (QED) is 0.376. The van der Waals surface area contributed by atoms with Crippen molar-refractivity contribution in [3.05, 3.63) is 155 Å². The molecule has 0 unspecified atom stereocenters. The molecule has 4 aliphatic rings. The van der Waals surface area contributed by atoms with Crippen LogP contribution in [0.1, 0.15) is 51.4 Å². The highest BCUT2D eigenvalue weighted by molar-refractivity contribution is 5.69. The van der Waals surface area contributed by atoms with Gasteiger partial charge in [-0.15, -0.1) is 0 Å². The highest BCUT2D eigenvalue weighted by atomic mass is 15.2. The lowest BCUT2D eigenvalue weighted by Crippen LogP contribution is -2.23. The third kappa shape index (κ3) is 5.31. The third-order valence-corrected chi connectivity index (χ3v) is 7.74. The predicted molar refractivity (Wildman–Crippen MR) is 161 cm³/mol. The SMILES string of the molecule is C1=CC(N(C2=CCCC=C2)C2=CC=C(C3=CC=C(N(c4ccccc4)c4ccccc4)CC3)CC2)=CCC1. The van der Waals surface area contributed by atoms with Crippen LogP contribution in [0.2, 0.25) is 0 Å². The lowest BCUT2D eigenvalue weighted by atomic mass is 9.89. The van der Waals surface area contributed by atoms with Crippen LogP contribution < -0.4 is 4.90 Å². The predicted octanol–water partition coefficient (Wildman–Crippen LogP) is 9.80. The Labute approximate surface area is 227 Å². The summed E-state index contributed by atoms with van der Waals surface area (Å²) in [6.45, 7) is 0. The van der Waals surface area contributed by atoms with Crippen molar-refractivity contribution in [2.24, 2.45) is 0 Å². The maximum Gasteiger partial charge on any atom is 0.0458 e. The molecule has 0 aromatic heterocycles. The van der Waals surface area contributed by atoms with Crippen molar-refractivity contribution >= 4 is 11.4 Å². The number of nitrogens with zero attached hydrogens (tertiary/aromatic N) is 2. The van der Waals surface area contributed by atoms with Crippen LogP contribution in [0, 0.1) is 0 Å². The van der Waals surface area contributed by atoms with Crippen molar-refractivity contribution in [1.82, 2.24) is 4.90 Å². The van der Waals surface area contributed by atoms with E-state index in [1.807, 2.05) is 0 Å². The first-order valence-corrected chi connectivity index (χ1v) is 14.1. The van der Waals surface area contributed by atoms with E-state index in [0.29, 0.717) is 0 Å². The lowest BCUT2D eigenvalue weighted by Gasteiger charge is -2.34. The average molecular weight is 497 g/mol. The van der Waals surface area contributed by atoms with E-state index in [2.05, 4.69) is 131 Å². The molecule has 0 saturated carbocycles. The summed E-state index contributed by atoms with van der Waals surface area (Å²) >= 11 is 0. The standard InChI is InChI=1S/C36H36N2/c1-5-13-31(14-6-1)37(32-15-7-2-8-16-32)35-25-21-29(22-26-35)30-23-27-36(28-24-30)38(33-17-9-3-10-18-33)34-19-11-4-12-20-34/h1-2,5-9,11,13-21,23,25,27H,3-4,10,12,22,24,26,28H2. The van der Waals surface area contributed by atoms with Crippen LogP contribution in [0.3, 0.4) is 0 Å². The maximum absolute atomic E-state index is 2.49. The number of hydrogen-bond acceptors (Lipinski definition) is 2. The molecule has 2 heteroatoms. The zero-order chi connectivity index (χ0) is 25.6. The smallest absolute Gasteiger partial charge is 0.0458 e.